The van der Waals surface area contributed by atoms with Crippen molar-refractivity contribution < 1.29 is 14.3 Å². The van der Waals surface area contributed by atoms with Crippen molar-refractivity contribution in [3.05, 3.63) is 0 Å². The summed E-state index contributed by atoms with van der Waals surface area (Å²) in [6, 6.07) is 0.368. The molecule has 5 heteroatoms. The summed E-state index contributed by atoms with van der Waals surface area (Å²) in [4.78, 5) is 16.5. The first-order chi connectivity index (χ1) is 10.9. The van der Waals surface area contributed by atoms with E-state index in [9.17, 15) is 4.79 Å². The van der Waals surface area contributed by atoms with E-state index < -0.39 is 0 Å². The van der Waals surface area contributed by atoms with E-state index in [4.69, 9.17) is 9.47 Å². The van der Waals surface area contributed by atoms with Crippen molar-refractivity contribution in [3.8, 4) is 0 Å². The lowest BCUT2D eigenvalue weighted by Crippen LogP contribution is -2.48. The van der Waals surface area contributed by atoms with Crippen molar-refractivity contribution in [1.82, 2.24) is 9.80 Å². The summed E-state index contributed by atoms with van der Waals surface area (Å²) in [6.45, 7) is 10.5. The van der Waals surface area contributed by atoms with E-state index in [0.29, 0.717) is 12.6 Å². The summed E-state index contributed by atoms with van der Waals surface area (Å²) in [5, 5.41) is 0. The summed E-state index contributed by atoms with van der Waals surface area (Å²) < 4.78 is 11.7. The van der Waals surface area contributed by atoms with E-state index >= 15 is 0 Å². The monoisotopic (exact) mass is 324 g/mol. The third kappa shape index (κ3) is 3.82. The van der Waals surface area contributed by atoms with Gasteiger partial charge >= 0.3 is 6.09 Å². The van der Waals surface area contributed by atoms with Crippen LogP contribution in [0.25, 0.3) is 0 Å². The minimum absolute atomic E-state index is 0.0939. The molecule has 0 N–H and O–H groups in total. The van der Waals surface area contributed by atoms with Crippen LogP contribution in [0, 0.1) is 0 Å². The van der Waals surface area contributed by atoms with Crippen molar-refractivity contribution in [3.63, 3.8) is 0 Å². The van der Waals surface area contributed by atoms with Crippen LogP contribution in [-0.2, 0) is 9.47 Å². The first-order valence-corrected chi connectivity index (χ1v) is 9.22. The van der Waals surface area contributed by atoms with Crippen molar-refractivity contribution in [2.24, 2.45) is 0 Å². The third-order valence-corrected chi connectivity index (χ3v) is 5.57. The molecule has 3 aliphatic heterocycles. The Bertz CT molecular complexity index is 428. The van der Waals surface area contributed by atoms with Crippen molar-refractivity contribution in [1.29, 1.82) is 0 Å². The zero-order valence-corrected chi connectivity index (χ0v) is 15.0. The van der Waals surface area contributed by atoms with E-state index in [1.165, 1.54) is 12.8 Å². The van der Waals surface area contributed by atoms with Crippen molar-refractivity contribution in [2.75, 3.05) is 32.8 Å². The van der Waals surface area contributed by atoms with Gasteiger partial charge in [-0.3, -0.25) is 4.90 Å². The fourth-order valence-corrected chi connectivity index (χ4v) is 4.30. The molecule has 0 spiro atoms. The molecular formula is C18H32N2O3. The van der Waals surface area contributed by atoms with Crippen LogP contribution < -0.4 is 0 Å². The van der Waals surface area contributed by atoms with Gasteiger partial charge in [-0.05, 0) is 65.8 Å². The fourth-order valence-electron chi connectivity index (χ4n) is 4.30. The molecule has 3 saturated heterocycles. The van der Waals surface area contributed by atoms with Gasteiger partial charge in [-0.1, -0.05) is 0 Å². The lowest BCUT2D eigenvalue weighted by atomic mass is 9.95. The number of hydrogen-bond donors (Lipinski definition) is 0. The van der Waals surface area contributed by atoms with Gasteiger partial charge in [0.05, 0.1) is 12.2 Å². The van der Waals surface area contributed by atoms with Gasteiger partial charge in [0.1, 0.15) is 6.61 Å². The topological polar surface area (TPSA) is 42.0 Å². The number of fused-ring (bicyclic) bond motifs is 1. The highest BCUT2D eigenvalue weighted by Gasteiger charge is 2.50. The van der Waals surface area contributed by atoms with Crippen LogP contribution in [0.5, 0.6) is 0 Å². The average molecular weight is 324 g/mol. The van der Waals surface area contributed by atoms with Crippen LogP contribution in [0.1, 0.15) is 59.3 Å². The van der Waals surface area contributed by atoms with Crippen LogP contribution in [0.3, 0.4) is 0 Å². The number of amides is 1. The zero-order chi connectivity index (χ0) is 16.5. The second-order valence-corrected chi connectivity index (χ2v) is 8.39. The van der Waals surface area contributed by atoms with Gasteiger partial charge in [0.2, 0.25) is 0 Å². The molecule has 3 aliphatic rings. The molecule has 5 nitrogen and oxygen atoms in total. The molecule has 0 aromatic rings. The van der Waals surface area contributed by atoms with Gasteiger partial charge in [-0.2, -0.15) is 0 Å². The van der Waals surface area contributed by atoms with Gasteiger partial charge in [-0.25, -0.2) is 4.79 Å². The van der Waals surface area contributed by atoms with E-state index in [1.807, 2.05) is 4.90 Å². The second kappa shape index (κ2) is 6.60. The Morgan fingerprint density at radius 1 is 1.13 bits per heavy atom. The smallest absolute Gasteiger partial charge is 0.409 e. The Hall–Kier alpha value is -0.810. The largest absolute Gasteiger partial charge is 0.448 e. The molecule has 3 rings (SSSR count). The molecular weight excluding hydrogens is 292 g/mol. The standard InChI is InChI=1S/C18H32N2O3/c1-17(2,3)23-14-18-8-6-12-20(18)15(7-9-18)13-22-16(21)19-10-4-5-11-19/h15H,4-14H2,1-3H3/t15-,18-/m1/s1. The van der Waals surface area contributed by atoms with E-state index in [1.54, 1.807) is 0 Å². The number of ether oxygens (including phenoxy) is 2. The summed E-state index contributed by atoms with van der Waals surface area (Å²) in [6.07, 6.45) is 6.81. The van der Waals surface area contributed by atoms with Gasteiger partial charge in [0, 0.05) is 24.7 Å². The molecule has 0 saturated carbocycles. The molecule has 3 heterocycles. The number of hydrogen-bond acceptors (Lipinski definition) is 4. The fraction of sp³-hybridized carbons (Fsp3) is 0.944. The van der Waals surface area contributed by atoms with Crippen LogP contribution in [0.4, 0.5) is 4.79 Å². The zero-order valence-electron chi connectivity index (χ0n) is 15.0. The quantitative estimate of drug-likeness (QED) is 0.797. The summed E-state index contributed by atoms with van der Waals surface area (Å²) in [5.74, 6) is 0. The molecule has 0 aliphatic carbocycles. The number of rotatable bonds is 4. The molecule has 3 fully saturated rings. The molecule has 0 bridgehead atoms. The molecule has 0 aromatic heterocycles. The van der Waals surface area contributed by atoms with Crippen LogP contribution in [0.2, 0.25) is 0 Å². The Morgan fingerprint density at radius 3 is 2.57 bits per heavy atom. The van der Waals surface area contributed by atoms with Crippen LogP contribution in [-0.4, -0.2) is 65.9 Å². The van der Waals surface area contributed by atoms with E-state index in [0.717, 1.165) is 51.9 Å². The summed E-state index contributed by atoms with van der Waals surface area (Å²) >= 11 is 0. The maximum absolute atomic E-state index is 12.1. The van der Waals surface area contributed by atoms with Gasteiger partial charge in [0.25, 0.3) is 0 Å². The number of nitrogens with zero attached hydrogens (tertiary/aromatic N) is 2. The Balaban J connectivity index is 1.53. The van der Waals surface area contributed by atoms with Crippen LogP contribution >= 0.6 is 0 Å². The predicted octanol–water partition coefficient (Wildman–Crippen LogP) is 3.03. The maximum atomic E-state index is 12.1. The predicted molar refractivity (Wildman–Crippen MR) is 89.6 cm³/mol. The van der Waals surface area contributed by atoms with E-state index in [-0.39, 0.29) is 17.2 Å². The van der Waals surface area contributed by atoms with Gasteiger partial charge in [-0.15, -0.1) is 0 Å². The second-order valence-electron chi connectivity index (χ2n) is 8.39. The van der Waals surface area contributed by atoms with Gasteiger partial charge in [0.15, 0.2) is 0 Å². The SMILES string of the molecule is CC(C)(C)OC[C@]12CCCN1[C@@H](COC(=O)N1CCCC1)CC2. The highest BCUT2D eigenvalue weighted by molar-refractivity contribution is 5.67. The Morgan fingerprint density at radius 2 is 1.87 bits per heavy atom. The maximum Gasteiger partial charge on any atom is 0.409 e. The molecule has 0 unspecified atom stereocenters. The van der Waals surface area contributed by atoms with E-state index in [2.05, 4.69) is 25.7 Å². The Labute approximate surface area is 140 Å². The van der Waals surface area contributed by atoms with Crippen molar-refractivity contribution in [2.45, 2.75) is 76.5 Å². The van der Waals surface area contributed by atoms with Gasteiger partial charge < -0.3 is 14.4 Å². The minimum Gasteiger partial charge on any atom is -0.448 e. The molecule has 1 amide bonds. The highest BCUT2D eigenvalue weighted by atomic mass is 16.6. The lowest BCUT2D eigenvalue weighted by Gasteiger charge is -2.37. The number of likely N-dealkylation sites (tertiary alicyclic amines) is 1. The minimum atomic E-state index is -0.120. The molecule has 2 atom stereocenters. The first kappa shape index (κ1) is 17.0. The highest BCUT2D eigenvalue weighted by Crippen LogP contribution is 2.43. The molecule has 0 radical (unpaired) electrons. The summed E-state index contributed by atoms with van der Waals surface area (Å²) in [5.41, 5.74) is 0.0846. The van der Waals surface area contributed by atoms with Crippen LogP contribution in [0.15, 0.2) is 0 Å². The van der Waals surface area contributed by atoms with Crippen molar-refractivity contribution >= 4 is 6.09 Å². The summed E-state index contributed by atoms with van der Waals surface area (Å²) in [7, 11) is 0. The molecule has 132 valence electrons. The first-order valence-electron chi connectivity index (χ1n) is 9.22. The molecule has 23 heavy (non-hydrogen) atoms. The Kier molecular flexibility index (Phi) is 4.88. The average Bonchev–Trinajstić information content (AvgIpc) is 3.19. The number of carbonyl (C=O) groups is 1. The lowest BCUT2D eigenvalue weighted by molar-refractivity contribution is -0.0594. The number of carbonyl (C=O) groups excluding carboxylic acids is 1. The normalized spacial score (nSPS) is 31.6. The third-order valence-electron chi connectivity index (χ3n) is 5.57. The molecule has 0 aromatic carbocycles.